The van der Waals surface area contributed by atoms with Crippen LogP contribution in [0.4, 0.5) is 9.18 Å². The van der Waals surface area contributed by atoms with Gasteiger partial charge in [-0.1, -0.05) is 0 Å². The molecule has 2 heterocycles. The van der Waals surface area contributed by atoms with Crippen molar-refractivity contribution in [2.24, 2.45) is 5.92 Å². The molecule has 0 spiro atoms. The maximum atomic E-state index is 13.7. The molecule has 1 aromatic heterocycles. The molecule has 1 saturated carbocycles. The molecule has 8 heteroatoms. The number of carbonyl (C=O) groups is 2. The second-order valence-electron chi connectivity index (χ2n) is 6.88. The van der Waals surface area contributed by atoms with Crippen molar-refractivity contribution in [1.82, 2.24) is 14.7 Å². The molecule has 1 aliphatic carbocycles. The molecule has 25 heavy (non-hydrogen) atoms. The molecular formula is C17H24FN3O4. The molecule has 1 aromatic rings. The lowest BCUT2D eigenvalue weighted by Crippen LogP contribution is -2.39. The van der Waals surface area contributed by atoms with Crippen LogP contribution in [0.3, 0.4) is 0 Å². The lowest BCUT2D eigenvalue weighted by molar-refractivity contribution is -0.0415. The number of ketones is 1. The number of Topliss-reactive ketones (excluding diaryl/α,β-unsaturated/α-hetero) is 1. The number of halogens is 1. The van der Waals surface area contributed by atoms with Crippen molar-refractivity contribution < 1.29 is 23.8 Å². The minimum Gasteiger partial charge on any atom is -0.465 e. The van der Waals surface area contributed by atoms with Crippen molar-refractivity contribution in [3.05, 3.63) is 17.7 Å². The molecule has 1 saturated heterocycles. The number of amides is 1. The van der Waals surface area contributed by atoms with Gasteiger partial charge in [0.15, 0.2) is 12.0 Å². The maximum Gasteiger partial charge on any atom is 0.407 e. The van der Waals surface area contributed by atoms with E-state index in [1.165, 1.54) is 15.6 Å². The topological polar surface area (TPSA) is 84.7 Å². The Bertz CT molecular complexity index is 634. The van der Waals surface area contributed by atoms with Gasteiger partial charge in [-0.05, 0) is 44.9 Å². The number of aromatic nitrogens is 2. The van der Waals surface area contributed by atoms with Crippen molar-refractivity contribution in [2.45, 2.75) is 57.2 Å². The van der Waals surface area contributed by atoms with Gasteiger partial charge in [-0.25, -0.2) is 9.48 Å². The Morgan fingerprint density at radius 1 is 1.28 bits per heavy atom. The summed E-state index contributed by atoms with van der Waals surface area (Å²) in [5.74, 6) is -1.02. The number of rotatable bonds is 4. The summed E-state index contributed by atoms with van der Waals surface area (Å²) in [6, 6.07) is 1.13. The Kier molecular flexibility index (Phi) is 5.36. The van der Waals surface area contributed by atoms with Gasteiger partial charge in [-0.3, -0.25) is 4.79 Å². The average Bonchev–Trinajstić information content (AvgIpc) is 3.03. The SMILES string of the molecule is CN(C(=O)O)C1CCC(C(=O)c2cc(F)nn2C2CCCCO2)CC1. The first kappa shape index (κ1) is 17.8. The summed E-state index contributed by atoms with van der Waals surface area (Å²) in [5, 5.41) is 12.9. The molecule has 3 rings (SSSR count). The summed E-state index contributed by atoms with van der Waals surface area (Å²) in [7, 11) is 1.56. The largest absolute Gasteiger partial charge is 0.465 e. The third-order valence-electron chi connectivity index (χ3n) is 5.30. The van der Waals surface area contributed by atoms with E-state index in [1.54, 1.807) is 7.05 Å². The highest BCUT2D eigenvalue weighted by molar-refractivity contribution is 5.96. The van der Waals surface area contributed by atoms with E-state index in [-0.39, 0.29) is 29.7 Å². The van der Waals surface area contributed by atoms with Crippen molar-refractivity contribution in [1.29, 1.82) is 0 Å². The third-order valence-corrected chi connectivity index (χ3v) is 5.30. The fourth-order valence-corrected chi connectivity index (χ4v) is 3.78. The molecule has 0 radical (unpaired) electrons. The predicted molar refractivity (Wildman–Crippen MR) is 86.9 cm³/mol. The lowest BCUT2D eigenvalue weighted by Gasteiger charge is -2.32. The van der Waals surface area contributed by atoms with Crippen molar-refractivity contribution in [2.75, 3.05) is 13.7 Å². The molecular weight excluding hydrogens is 329 g/mol. The van der Waals surface area contributed by atoms with Crippen LogP contribution in [0.2, 0.25) is 0 Å². The average molecular weight is 353 g/mol. The zero-order chi connectivity index (χ0) is 18.0. The van der Waals surface area contributed by atoms with Crippen LogP contribution < -0.4 is 0 Å². The summed E-state index contributed by atoms with van der Waals surface area (Å²) >= 11 is 0. The van der Waals surface area contributed by atoms with E-state index in [9.17, 15) is 14.0 Å². The van der Waals surface area contributed by atoms with Crippen LogP contribution in [-0.2, 0) is 4.74 Å². The smallest absolute Gasteiger partial charge is 0.407 e. The van der Waals surface area contributed by atoms with E-state index in [4.69, 9.17) is 9.84 Å². The fraction of sp³-hybridized carbons (Fsp3) is 0.706. The van der Waals surface area contributed by atoms with Crippen molar-refractivity contribution >= 4 is 11.9 Å². The molecule has 0 aromatic carbocycles. The molecule has 138 valence electrons. The van der Waals surface area contributed by atoms with Gasteiger partial charge >= 0.3 is 6.09 Å². The maximum absolute atomic E-state index is 13.7. The highest BCUT2D eigenvalue weighted by Gasteiger charge is 2.33. The first-order chi connectivity index (χ1) is 12.0. The summed E-state index contributed by atoms with van der Waals surface area (Å²) in [5.41, 5.74) is 0.263. The van der Waals surface area contributed by atoms with E-state index < -0.39 is 12.0 Å². The van der Waals surface area contributed by atoms with Gasteiger partial charge in [-0.15, -0.1) is 5.10 Å². The molecule has 1 unspecified atom stereocenters. The fourth-order valence-electron chi connectivity index (χ4n) is 3.78. The van der Waals surface area contributed by atoms with Crippen LogP contribution in [0, 0.1) is 11.9 Å². The standard InChI is InChI=1S/C17H24FN3O4/c1-20(17(23)24)12-7-5-11(6-8-12)16(22)13-10-14(18)19-21(13)15-4-2-3-9-25-15/h10-12,15H,2-9H2,1H3,(H,23,24). The Hall–Kier alpha value is -1.96. The van der Waals surface area contributed by atoms with Gasteiger partial charge in [0, 0.05) is 31.7 Å². The van der Waals surface area contributed by atoms with E-state index in [2.05, 4.69) is 5.10 Å². The summed E-state index contributed by atoms with van der Waals surface area (Å²) < 4.78 is 20.8. The van der Waals surface area contributed by atoms with Crippen LogP contribution in [0.5, 0.6) is 0 Å². The zero-order valence-corrected chi connectivity index (χ0v) is 14.4. The molecule has 2 aliphatic rings. The number of hydrogen-bond acceptors (Lipinski definition) is 4. The molecule has 0 bridgehead atoms. The Balaban J connectivity index is 1.69. The van der Waals surface area contributed by atoms with Gasteiger partial charge < -0.3 is 14.7 Å². The van der Waals surface area contributed by atoms with E-state index >= 15 is 0 Å². The minimum atomic E-state index is -0.954. The van der Waals surface area contributed by atoms with Crippen LogP contribution in [0.25, 0.3) is 0 Å². The third kappa shape index (κ3) is 3.84. The van der Waals surface area contributed by atoms with Crippen LogP contribution in [0.1, 0.15) is 61.7 Å². The van der Waals surface area contributed by atoms with Gasteiger partial charge in [0.1, 0.15) is 5.69 Å². The predicted octanol–water partition coefficient (Wildman–Crippen LogP) is 3.07. The Morgan fingerprint density at radius 3 is 2.60 bits per heavy atom. The number of carboxylic acid groups (broad SMARTS) is 1. The number of carbonyl (C=O) groups excluding carboxylic acids is 1. The molecule has 1 aliphatic heterocycles. The molecule has 2 fully saturated rings. The van der Waals surface area contributed by atoms with Crippen LogP contribution in [-0.4, -0.2) is 51.4 Å². The highest BCUT2D eigenvalue weighted by atomic mass is 19.1. The molecule has 1 amide bonds. The molecule has 1 N–H and O–H groups in total. The van der Waals surface area contributed by atoms with E-state index in [0.717, 1.165) is 19.3 Å². The monoisotopic (exact) mass is 353 g/mol. The first-order valence-electron chi connectivity index (χ1n) is 8.84. The van der Waals surface area contributed by atoms with Gasteiger partial charge in [0.2, 0.25) is 5.95 Å². The van der Waals surface area contributed by atoms with Crippen molar-refractivity contribution in [3.63, 3.8) is 0 Å². The molecule has 1 atom stereocenters. The first-order valence-corrected chi connectivity index (χ1v) is 8.84. The van der Waals surface area contributed by atoms with Gasteiger partial charge in [-0.2, -0.15) is 4.39 Å². The second-order valence-corrected chi connectivity index (χ2v) is 6.88. The summed E-state index contributed by atoms with van der Waals surface area (Å²) in [6.07, 6.45) is 3.77. The summed E-state index contributed by atoms with van der Waals surface area (Å²) in [4.78, 5) is 25.2. The highest BCUT2D eigenvalue weighted by Crippen LogP contribution is 2.31. The van der Waals surface area contributed by atoms with Crippen LogP contribution >= 0.6 is 0 Å². The van der Waals surface area contributed by atoms with Crippen LogP contribution in [0.15, 0.2) is 6.07 Å². The lowest BCUT2D eigenvalue weighted by atomic mass is 9.82. The van der Waals surface area contributed by atoms with Gasteiger partial charge in [0.25, 0.3) is 0 Å². The number of hydrogen-bond donors (Lipinski definition) is 1. The van der Waals surface area contributed by atoms with E-state index in [0.29, 0.717) is 32.3 Å². The number of nitrogens with zero attached hydrogens (tertiary/aromatic N) is 3. The Morgan fingerprint density at radius 2 is 2.00 bits per heavy atom. The second kappa shape index (κ2) is 7.51. The molecule has 7 nitrogen and oxygen atoms in total. The normalized spacial score (nSPS) is 27.0. The quantitative estimate of drug-likeness (QED) is 0.841. The Labute approximate surface area is 145 Å². The van der Waals surface area contributed by atoms with Gasteiger partial charge in [0.05, 0.1) is 0 Å². The van der Waals surface area contributed by atoms with E-state index in [1.807, 2.05) is 0 Å². The minimum absolute atomic E-state index is 0.0649. The number of ether oxygens (including phenoxy) is 1. The van der Waals surface area contributed by atoms with Crippen molar-refractivity contribution in [3.8, 4) is 0 Å². The summed E-state index contributed by atoms with van der Waals surface area (Å²) in [6.45, 7) is 0.590. The zero-order valence-electron chi connectivity index (χ0n) is 14.4.